The molecule has 1 aromatic rings. The van der Waals surface area contributed by atoms with Crippen LogP contribution in [0.4, 0.5) is 0 Å². The number of nitrogens with zero attached hydrogens (tertiary/aromatic N) is 3. The molecular formula is C11H19N3O2. The first-order chi connectivity index (χ1) is 7.63. The van der Waals surface area contributed by atoms with Gasteiger partial charge in [-0.05, 0) is 32.6 Å². The molecule has 0 saturated carbocycles. The van der Waals surface area contributed by atoms with Crippen LogP contribution in [-0.2, 0) is 11.2 Å². The summed E-state index contributed by atoms with van der Waals surface area (Å²) in [5.74, 6) is -0.733. The molecule has 0 aromatic carbocycles. The molecular weight excluding hydrogens is 206 g/mol. The molecule has 0 amide bonds. The van der Waals surface area contributed by atoms with E-state index in [0.717, 1.165) is 25.0 Å². The normalized spacial score (nSPS) is 12.6. The zero-order valence-corrected chi connectivity index (χ0v) is 9.89. The summed E-state index contributed by atoms with van der Waals surface area (Å²) < 4.78 is 1.87. The van der Waals surface area contributed by atoms with Crippen molar-refractivity contribution in [3.8, 4) is 0 Å². The van der Waals surface area contributed by atoms with Crippen molar-refractivity contribution in [1.29, 1.82) is 0 Å². The molecule has 0 saturated heterocycles. The van der Waals surface area contributed by atoms with Gasteiger partial charge in [-0.3, -0.25) is 4.79 Å². The van der Waals surface area contributed by atoms with E-state index < -0.39 is 5.97 Å². The minimum absolute atomic E-state index is 0.236. The van der Waals surface area contributed by atoms with Gasteiger partial charge in [0.15, 0.2) is 0 Å². The third kappa shape index (κ3) is 4.00. The van der Waals surface area contributed by atoms with Crippen LogP contribution in [0.3, 0.4) is 0 Å². The average Bonchev–Trinajstić information content (AvgIpc) is 2.71. The number of aryl methyl sites for hydroxylation is 1. The Hall–Kier alpha value is -1.39. The lowest BCUT2D eigenvalue weighted by Gasteiger charge is -2.06. The van der Waals surface area contributed by atoms with E-state index in [9.17, 15) is 4.79 Å². The third-order valence-corrected chi connectivity index (χ3v) is 2.67. The first kappa shape index (κ1) is 12.7. The van der Waals surface area contributed by atoms with Gasteiger partial charge in [0.05, 0.1) is 11.7 Å². The molecule has 1 rings (SSSR count). The lowest BCUT2D eigenvalue weighted by molar-refractivity contribution is -0.137. The fourth-order valence-corrected chi connectivity index (χ4v) is 1.41. The average molecular weight is 225 g/mol. The highest BCUT2D eigenvalue weighted by Crippen LogP contribution is 2.10. The Morgan fingerprint density at radius 1 is 1.56 bits per heavy atom. The number of hydrogen-bond donors (Lipinski definition) is 1. The highest BCUT2D eigenvalue weighted by atomic mass is 16.4. The lowest BCUT2D eigenvalue weighted by atomic mass is 10.1. The van der Waals surface area contributed by atoms with Crippen molar-refractivity contribution in [3.05, 3.63) is 11.9 Å². The molecule has 5 heteroatoms. The second-order valence-corrected chi connectivity index (χ2v) is 4.05. The summed E-state index contributed by atoms with van der Waals surface area (Å²) in [5, 5.41) is 16.6. The van der Waals surface area contributed by atoms with Crippen molar-refractivity contribution in [2.24, 2.45) is 0 Å². The number of hydrogen-bond acceptors (Lipinski definition) is 3. The minimum atomic E-state index is -0.733. The SMILES string of the molecule is CCC(C)n1cc(CCCCC(=O)O)nn1. The second kappa shape index (κ2) is 6.25. The van der Waals surface area contributed by atoms with Gasteiger partial charge in [-0.15, -0.1) is 5.10 Å². The summed E-state index contributed by atoms with van der Waals surface area (Å²) in [4.78, 5) is 10.3. The third-order valence-electron chi connectivity index (χ3n) is 2.67. The van der Waals surface area contributed by atoms with Gasteiger partial charge < -0.3 is 5.11 Å². The van der Waals surface area contributed by atoms with E-state index in [-0.39, 0.29) is 6.42 Å². The molecule has 1 unspecified atom stereocenters. The number of carboxylic acid groups (broad SMARTS) is 1. The molecule has 0 aliphatic rings. The summed E-state index contributed by atoms with van der Waals surface area (Å²) in [7, 11) is 0. The van der Waals surface area contributed by atoms with Crippen LogP contribution >= 0.6 is 0 Å². The van der Waals surface area contributed by atoms with Crippen LogP contribution in [0.1, 0.15) is 51.3 Å². The molecule has 16 heavy (non-hydrogen) atoms. The summed E-state index contributed by atoms with van der Waals surface area (Å²) in [6.45, 7) is 4.21. The fourth-order valence-electron chi connectivity index (χ4n) is 1.41. The maximum Gasteiger partial charge on any atom is 0.303 e. The molecule has 5 nitrogen and oxygen atoms in total. The van der Waals surface area contributed by atoms with E-state index in [1.165, 1.54) is 0 Å². The monoisotopic (exact) mass is 225 g/mol. The molecule has 0 spiro atoms. The van der Waals surface area contributed by atoms with Gasteiger partial charge >= 0.3 is 5.97 Å². The Kier molecular flexibility index (Phi) is 4.95. The van der Waals surface area contributed by atoms with Crippen LogP contribution in [0, 0.1) is 0 Å². The highest BCUT2D eigenvalue weighted by Gasteiger charge is 2.06. The van der Waals surface area contributed by atoms with Crippen molar-refractivity contribution < 1.29 is 9.90 Å². The van der Waals surface area contributed by atoms with Crippen LogP contribution in [0.2, 0.25) is 0 Å². The van der Waals surface area contributed by atoms with Crippen LogP contribution in [0.15, 0.2) is 6.20 Å². The van der Waals surface area contributed by atoms with E-state index in [0.29, 0.717) is 12.5 Å². The molecule has 0 aliphatic heterocycles. The first-order valence-electron chi connectivity index (χ1n) is 5.76. The molecule has 1 heterocycles. The Morgan fingerprint density at radius 2 is 2.31 bits per heavy atom. The Bertz CT molecular complexity index is 336. The van der Waals surface area contributed by atoms with Gasteiger partial charge in [-0.25, -0.2) is 4.68 Å². The lowest BCUT2D eigenvalue weighted by Crippen LogP contribution is -2.03. The predicted octanol–water partition coefficient (Wildman–Crippen LogP) is 2.05. The zero-order chi connectivity index (χ0) is 12.0. The Balaban J connectivity index is 2.32. The maximum atomic E-state index is 10.3. The first-order valence-corrected chi connectivity index (χ1v) is 5.76. The highest BCUT2D eigenvalue weighted by molar-refractivity contribution is 5.66. The molecule has 0 fully saturated rings. The van der Waals surface area contributed by atoms with Crippen molar-refractivity contribution in [3.63, 3.8) is 0 Å². The van der Waals surface area contributed by atoms with Gasteiger partial charge in [-0.1, -0.05) is 12.1 Å². The van der Waals surface area contributed by atoms with Crippen molar-refractivity contribution in [1.82, 2.24) is 15.0 Å². The molecule has 1 atom stereocenters. The van der Waals surface area contributed by atoms with Gasteiger partial charge in [-0.2, -0.15) is 0 Å². The predicted molar refractivity (Wildman–Crippen MR) is 60.2 cm³/mol. The number of carbonyl (C=O) groups is 1. The summed E-state index contributed by atoms with van der Waals surface area (Å²) in [5.41, 5.74) is 0.950. The minimum Gasteiger partial charge on any atom is -0.481 e. The summed E-state index contributed by atoms with van der Waals surface area (Å²) >= 11 is 0. The fraction of sp³-hybridized carbons (Fsp3) is 0.727. The Labute approximate surface area is 95.5 Å². The van der Waals surface area contributed by atoms with E-state index in [2.05, 4.69) is 24.2 Å². The largest absolute Gasteiger partial charge is 0.481 e. The summed E-state index contributed by atoms with van der Waals surface area (Å²) in [6, 6.07) is 0.375. The van der Waals surface area contributed by atoms with Gasteiger partial charge in [0, 0.05) is 12.6 Å². The zero-order valence-electron chi connectivity index (χ0n) is 9.89. The topological polar surface area (TPSA) is 68.0 Å². The quantitative estimate of drug-likeness (QED) is 0.721. The smallest absolute Gasteiger partial charge is 0.303 e. The van der Waals surface area contributed by atoms with Crippen molar-refractivity contribution in [2.45, 2.75) is 52.0 Å². The molecule has 90 valence electrons. The number of rotatable bonds is 7. The van der Waals surface area contributed by atoms with Crippen LogP contribution in [-0.4, -0.2) is 26.1 Å². The van der Waals surface area contributed by atoms with E-state index in [4.69, 9.17) is 5.11 Å². The standard InChI is InChI=1S/C11H19N3O2/c1-3-9(2)14-8-10(12-13-14)6-4-5-7-11(15)16/h8-9H,3-7H2,1-2H3,(H,15,16). The second-order valence-electron chi connectivity index (χ2n) is 4.05. The molecule has 1 N–H and O–H groups in total. The van der Waals surface area contributed by atoms with Crippen molar-refractivity contribution >= 4 is 5.97 Å². The van der Waals surface area contributed by atoms with Gasteiger partial charge in [0.25, 0.3) is 0 Å². The summed E-state index contributed by atoms with van der Waals surface area (Å²) in [6.07, 6.45) is 5.58. The molecule has 0 bridgehead atoms. The maximum absolute atomic E-state index is 10.3. The molecule has 0 radical (unpaired) electrons. The van der Waals surface area contributed by atoms with E-state index in [1.54, 1.807) is 0 Å². The van der Waals surface area contributed by atoms with Crippen LogP contribution < -0.4 is 0 Å². The van der Waals surface area contributed by atoms with Crippen molar-refractivity contribution in [2.75, 3.05) is 0 Å². The number of aromatic nitrogens is 3. The van der Waals surface area contributed by atoms with E-state index >= 15 is 0 Å². The number of unbranched alkanes of at least 4 members (excludes halogenated alkanes) is 1. The van der Waals surface area contributed by atoms with Crippen LogP contribution in [0.5, 0.6) is 0 Å². The van der Waals surface area contributed by atoms with Gasteiger partial charge in [0.1, 0.15) is 0 Å². The number of aliphatic carboxylic acids is 1. The molecule has 0 aliphatic carbocycles. The number of carboxylic acids is 1. The molecule has 1 aromatic heterocycles. The van der Waals surface area contributed by atoms with Crippen LogP contribution in [0.25, 0.3) is 0 Å². The van der Waals surface area contributed by atoms with E-state index in [1.807, 2.05) is 10.9 Å². The Morgan fingerprint density at radius 3 is 2.94 bits per heavy atom. The van der Waals surface area contributed by atoms with Gasteiger partial charge in [0.2, 0.25) is 0 Å².